The predicted octanol–water partition coefficient (Wildman–Crippen LogP) is 1.62. The SMILES string of the molecule is CCS(=O)(=O)Nc1ccc2oc(=O)sc2c1. The maximum atomic E-state index is 11.3. The number of hydrogen-bond donors (Lipinski definition) is 1. The highest BCUT2D eigenvalue weighted by Gasteiger charge is 2.08. The molecule has 86 valence electrons. The number of rotatable bonds is 3. The monoisotopic (exact) mass is 259 g/mol. The summed E-state index contributed by atoms with van der Waals surface area (Å²) in [5.74, 6) is 0.00661. The Morgan fingerprint density at radius 3 is 2.88 bits per heavy atom. The van der Waals surface area contributed by atoms with Gasteiger partial charge in [0.25, 0.3) is 0 Å². The topological polar surface area (TPSA) is 76.4 Å². The zero-order chi connectivity index (χ0) is 11.8. The number of fused-ring (bicyclic) bond motifs is 1. The predicted molar refractivity (Wildman–Crippen MR) is 63.4 cm³/mol. The van der Waals surface area contributed by atoms with Crippen LogP contribution in [0.2, 0.25) is 0 Å². The highest BCUT2D eigenvalue weighted by atomic mass is 32.2. The molecule has 7 heteroatoms. The Balaban J connectivity index is 2.43. The van der Waals surface area contributed by atoms with Gasteiger partial charge >= 0.3 is 4.94 Å². The summed E-state index contributed by atoms with van der Waals surface area (Å²) in [4.78, 5) is 10.6. The van der Waals surface area contributed by atoms with Gasteiger partial charge in [-0.3, -0.25) is 4.72 Å². The minimum absolute atomic E-state index is 0.00661. The van der Waals surface area contributed by atoms with Gasteiger partial charge in [0.05, 0.1) is 16.1 Å². The number of hydrogen-bond acceptors (Lipinski definition) is 5. The van der Waals surface area contributed by atoms with Crippen molar-refractivity contribution in [3.05, 3.63) is 27.9 Å². The van der Waals surface area contributed by atoms with Crippen LogP contribution >= 0.6 is 11.3 Å². The Bertz CT molecular complexity index is 668. The minimum atomic E-state index is -3.29. The molecule has 0 aliphatic rings. The first kappa shape index (κ1) is 11.2. The van der Waals surface area contributed by atoms with E-state index in [0.717, 1.165) is 11.3 Å². The van der Waals surface area contributed by atoms with E-state index in [0.29, 0.717) is 16.0 Å². The molecule has 0 spiro atoms. The fourth-order valence-corrected chi connectivity index (χ4v) is 2.53. The molecule has 0 radical (unpaired) electrons. The van der Waals surface area contributed by atoms with E-state index in [1.807, 2.05) is 0 Å². The molecule has 1 aromatic heterocycles. The summed E-state index contributed by atoms with van der Waals surface area (Å²) in [6, 6.07) is 4.71. The van der Waals surface area contributed by atoms with Crippen LogP contribution in [-0.4, -0.2) is 14.2 Å². The Hall–Kier alpha value is -1.34. The molecule has 0 saturated heterocycles. The quantitative estimate of drug-likeness (QED) is 0.908. The zero-order valence-electron chi connectivity index (χ0n) is 8.39. The van der Waals surface area contributed by atoms with Gasteiger partial charge in [0, 0.05) is 0 Å². The normalized spacial score (nSPS) is 11.8. The summed E-state index contributed by atoms with van der Waals surface area (Å²) in [6.07, 6.45) is 0. The molecule has 16 heavy (non-hydrogen) atoms. The Kier molecular flexibility index (Phi) is 2.73. The van der Waals surface area contributed by atoms with Gasteiger partial charge in [0.1, 0.15) is 5.58 Å². The van der Waals surface area contributed by atoms with E-state index in [2.05, 4.69) is 4.72 Å². The molecular formula is C9H9NO4S2. The number of nitrogens with one attached hydrogen (secondary N) is 1. The van der Waals surface area contributed by atoms with Gasteiger partial charge in [-0.2, -0.15) is 0 Å². The average Bonchev–Trinajstić information content (AvgIpc) is 2.57. The van der Waals surface area contributed by atoms with E-state index in [1.165, 1.54) is 0 Å². The first-order valence-electron chi connectivity index (χ1n) is 4.54. The first-order valence-corrected chi connectivity index (χ1v) is 7.01. The van der Waals surface area contributed by atoms with E-state index in [1.54, 1.807) is 25.1 Å². The van der Waals surface area contributed by atoms with Gasteiger partial charge in [-0.05, 0) is 25.1 Å². The molecule has 2 rings (SSSR count). The maximum absolute atomic E-state index is 11.3. The van der Waals surface area contributed by atoms with Crippen LogP contribution in [0.5, 0.6) is 0 Å². The van der Waals surface area contributed by atoms with Crippen molar-refractivity contribution in [1.82, 2.24) is 0 Å². The van der Waals surface area contributed by atoms with Crippen molar-refractivity contribution < 1.29 is 12.8 Å². The highest BCUT2D eigenvalue weighted by Crippen LogP contribution is 2.21. The molecule has 0 aliphatic carbocycles. The molecule has 0 saturated carbocycles. The lowest BCUT2D eigenvalue weighted by Crippen LogP contribution is -2.14. The van der Waals surface area contributed by atoms with Crippen molar-refractivity contribution >= 4 is 37.3 Å². The van der Waals surface area contributed by atoms with Crippen LogP contribution in [0.25, 0.3) is 10.3 Å². The summed E-state index contributed by atoms with van der Waals surface area (Å²) >= 11 is 0.943. The van der Waals surface area contributed by atoms with E-state index in [-0.39, 0.29) is 5.75 Å². The van der Waals surface area contributed by atoms with Crippen LogP contribution in [0.4, 0.5) is 5.69 Å². The van der Waals surface area contributed by atoms with Crippen molar-refractivity contribution in [2.24, 2.45) is 0 Å². The first-order chi connectivity index (χ1) is 7.50. The Morgan fingerprint density at radius 2 is 2.19 bits per heavy atom. The van der Waals surface area contributed by atoms with Crippen LogP contribution in [0, 0.1) is 0 Å². The molecule has 1 heterocycles. The van der Waals surface area contributed by atoms with Crippen LogP contribution < -0.4 is 9.66 Å². The van der Waals surface area contributed by atoms with Crippen LogP contribution in [-0.2, 0) is 10.0 Å². The molecular weight excluding hydrogens is 250 g/mol. The largest absolute Gasteiger partial charge is 0.414 e. The second-order valence-electron chi connectivity index (χ2n) is 3.12. The lowest BCUT2D eigenvalue weighted by Gasteiger charge is -2.04. The average molecular weight is 259 g/mol. The lowest BCUT2D eigenvalue weighted by atomic mass is 10.3. The molecule has 0 bridgehead atoms. The van der Waals surface area contributed by atoms with Crippen molar-refractivity contribution in [2.75, 3.05) is 10.5 Å². The van der Waals surface area contributed by atoms with E-state index < -0.39 is 15.0 Å². The van der Waals surface area contributed by atoms with Gasteiger partial charge in [0.15, 0.2) is 0 Å². The van der Waals surface area contributed by atoms with Crippen molar-refractivity contribution in [3.63, 3.8) is 0 Å². The van der Waals surface area contributed by atoms with Crippen LogP contribution in [0.3, 0.4) is 0 Å². The maximum Gasteiger partial charge on any atom is 0.396 e. The van der Waals surface area contributed by atoms with Gasteiger partial charge < -0.3 is 4.42 Å². The Labute approximate surface area is 95.8 Å². The molecule has 5 nitrogen and oxygen atoms in total. The molecule has 0 fully saturated rings. The van der Waals surface area contributed by atoms with Crippen LogP contribution in [0.15, 0.2) is 27.4 Å². The molecule has 0 amide bonds. The van der Waals surface area contributed by atoms with Crippen molar-refractivity contribution in [3.8, 4) is 0 Å². The summed E-state index contributed by atoms with van der Waals surface area (Å²) < 4.78 is 30.5. The number of anilines is 1. The Morgan fingerprint density at radius 1 is 1.44 bits per heavy atom. The minimum Gasteiger partial charge on any atom is -0.414 e. The van der Waals surface area contributed by atoms with Gasteiger partial charge in [0.2, 0.25) is 10.0 Å². The van der Waals surface area contributed by atoms with Crippen LogP contribution in [0.1, 0.15) is 6.92 Å². The smallest absolute Gasteiger partial charge is 0.396 e. The van der Waals surface area contributed by atoms with Crippen molar-refractivity contribution in [1.29, 1.82) is 0 Å². The molecule has 1 aromatic carbocycles. The second-order valence-corrected chi connectivity index (χ2v) is 6.11. The molecule has 2 aromatic rings. The van der Waals surface area contributed by atoms with Crippen molar-refractivity contribution in [2.45, 2.75) is 6.92 Å². The third kappa shape index (κ3) is 2.25. The molecule has 0 atom stereocenters. The summed E-state index contributed by atoms with van der Waals surface area (Å²) in [7, 11) is -3.29. The second kappa shape index (κ2) is 3.91. The lowest BCUT2D eigenvalue weighted by molar-refractivity contribution is 0.585. The fourth-order valence-electron chi connectivity index (χ4n) is 1.19. The van der Waals surface area contributed by atoms with E-state index in [4.69, 9.17) is 4.42 Å². The van der Waals surface area contributed by atoms with Gasteiger partial charge in [-0.15, -0.1) is 0 Å². The summed E-state index contributed by atoms with van der Waals surface area (Å²) in [6.45, 7) is 1.55. The summed E-state index contributed by atoms with van der Waals surface area (Å²) in [5, 5.41) is 0. The summed E-state index contributed by atoms with van der Waals surface area (Å²) in [5.41, 5.74) is 0.904. The third-order valence-electron chi connectivity index (χ3n) is 1.98. The number of sulfonamides is 1. The third-order valence-corrected chi connectivity index (χ3v) is 4.08. The molecule has 1 N–H and O–H groups in total. The molecule has 0 aliphatic heterocycles. The van der Waals surface area contributed by atoms with E-state index >= 15 is 0 Å². The highest BCUT2D eigenvalue weighted by molar-refractivity contribution is 7.92. The zero-order valence-corrected chi connectivity index (χ0v) is 10.0. The van der Waals surface area contributed by atoms with Gasteiger partial charge in [-0.25, -0.2) is 13.2 Å². The molecule has 0 unspecified atom stereocenters. The van der Waals surface area contributed by atoms with Gasteiger partial charge in [-0.1, -0.05) is 11.3 Å². The number of benzene rings is 1. The standard InChI is InChI=1S/C9H9NO4S2/c1-2-16(12,13)10-6-3-4-7-8(5-6)15-9(11)14-7/h3-5,10H,2H2,1H3. The van der Waals surface area contributed by atoms with E-state index in [9.17, 15) is 13.2 Å². The fraction of sp³-hybridized carbons (Fsp3) is 0.222.